The summed E-state index contributed by atoms with van der Waals surface area (Å²) >= 11 is 3.30. The van der Waals surface area contributed by atoms with Crippen LogP contribution in [0.15, 0.2) is 18.2 Å². The molecule has 1 unspecified atom stereocenters. The molecule has 2 aliphatic heterocycles. The van der Waals surface area contributed by atoms with Crippen LogP contribution in [0.2, 0.25) is 0 Å². The quantitative estimate of drug-likeness (QED) is 0.643. The number of carbonyl (C=O) groups excluding carboxylic acids is 2. The van der Waals surface area contributed by atoms with Crippen molar-refractivity contribution in [2.75, 3.05) is 11.9 Å². The van der Waals surface area contributed by atoms with Gasteiger partial charge in [-0.1, -0.05) is 15.9 Å². The van der Waals surface area contributed by atoms with Crippen LogP contribution in [0, 0.1) is 5.82 Å². The molecule has 124 valence electrons. The lowest BCUT2D eigenvalue weighted by Crippen LogP contribution is -2.53. The second kappa shape index (κ2) is 5.47. The predicted octanol–water partition coefficient (Wildman–Crippen LogP) is 2.92. The first-order valence-corrected chi connectivity index (χ1v) is 8.60. The van der Waals surface area contributed by atoms with Gasteiger partial charge in [0.25, 0.3) is 5.91 Å². The van der Waals surface area contributed by atoms with Crippen molar-refractivity contribution in [3.63, 3.8) is 0 Å². The molecule has 3 amide bonds. The molecule has 1 aromatic rings. The molecular formula is C16H18BrFN2O3. The second-order valence-corrected chi connectivity index (χ2v) is 7.31. The topological polar surface area (TPSA) is 58.6 Å². The predicted molar refractivity (Wildman–Crippen MR) is 86.1 cm³/mol. The fourth-order valence-corrected chi connectivity index (χ4v) is 3.59. The summed E-state index contributed by atoms with van der Waals surface area (Å²) in [6.07, 6.45) is 0.914. The molecule has 3 rings (SSSR count). The Hall–Kier alpha value is -1.63. The van der Waals surface area contributed by atoms with Gasteiger partial charge in [-0.3, -0.25) is 9.69 Å². The van der Waals surface area contributed by atoms with Crippen LogP contribution in [0.4, 0.5) is 9.18 Å². The van der Waals surface area contributed by atoms with Gasteiger partial charge in [0, 0.05) is 23.9 Å². The summed E-state index contributed by atoms with van der Waals surface area (Å²) in [6, 6.07) is 3.63. The number of amides is 3. The first-order valence-electron chi connectivity index (χ1n) is 7.48. The first kappa shape index (κ1) is 16.2. The molecule has 0 bridgehead atoms. The van der Waals surface area contributed by atoms with Crippen molar-refractivity contribution in [1.29, 1.82) is 0 Å². The van der Waals surface area contributed by atoms with Crippen molar-refractivity contribution in [1.82, 2.24) is 10.2 Å². The maximum Gasteiger partial charge on any atom is 0.325 e. The molecule has 1 fully saturated rings. The largest absolute Gasteiger partial charge is 0.487 e. The molecule has 7 heteroatoms. The molecule has 23 heavy (non-hydrogen) atoms. The van der Waals surface area contributed by atoms with E-state index in [-0.39, 0.29) is 12.3 Å². The normalized spacial score (nSPS) is 25.3. The van der Waals surface area contributed by atoms with E-state index in [2.05, 4.69) is 21.2 Å². The van der Waals surface area contributed by atoms with Gasteiger partial charge in [-0.2, -0.15) is 0 Å². The molecule has 2 heterocycles. The van der Waals surface area contributed by atoms with E-state index < -0.39 is 23.0 Å². The first-order chi connectivity index (χ1) is 10.8. The van der Waals surface area contributed by atoms with Gasteiger partial charge < -0.3 is 10.1 Å². The molecule has 1 aromatic carbocycles. The number of nitrogens with one attached hydrogen (secondary N) is 1. The van der Waals surface area contributed by atoms with Crippen molar-refractivity contribution in [2.24, 2.45) is 0 Å². The van der Waals surface area contributed by atoms with Gasteiger partial charge in [0.1, 0.15) is 17.2 Å². The van der Waals surface area contributed by atoms with Gasteiger partial charge in [-0.25, -0.2) is 9.18 Å². The van der Waals surface area contributed by atoms with E-state index in [0.717, 1.165) is 0 Å². The number of carbonyl (C=O) groups is 2. The molecule has 1 spiro atoms. The number of imide groups is 1. The highest BCUT2D eigenvalue weighted by atomic mass is 79.9. The van der Waals surface area contributed by atoms with Crippen LogP contribution in [0.3, 0.4) is 0 Å². The maximum atomic E-state index is 13.7. The Morgan fingerprint density at radius 1 is 1.39 bits per heavy atom. The van der Waals surface area contributed by atoms with Crippen LogP contribution in [-0.4, -0.2) is 34.3 Å². The van der Waals surface area contributed by atoms with Crippen molar-refractivity contribution >= 4 is 27.9 Å². The lowest BCUT2D eigenvalue weighted by atomic mass is 9.77. The van der Waals surface area contributed by atoms with Crippen molar-refractivity contribution in [2.45, 2.75) is 37.8 Å². The number of halogens is 2. The SMILES string of the molecule is CC1(C)CC2(NC(=O)N(CCCBr)C2=O)c2cc(F)ccc2O1. The van der Waals surface area contributed by atoms with E-state index in [9.17, 15) is 14.0 Å². The van der Waals surface area contributed by atoms with E-state index >= 15 is 0 Å². The van der Waals surface area contributed by atoms with E-state index in [0.29, 0.717) is 29.6 Å². The molecule has 0 saturated carbocycles. The molecule has 1 saturated heterocycles. The minimum absolute atomic E-state index is 0.256. The number of hydrogen-bond donors (Lipinski definition) is 1. The number of urea groups is 1. The summed E-state index contributed by atoms with van der Waals surface area (Å²) in [5.74, 6) is -0.377. The molecular weight excluding hydrogens is 367 g/mol. The Morgan fingerprint density at radius 3 is 2.83 bits per heavy atom. The molecule has 0 radical (unpaired) electrons. The standard InChI is InChI=1S/C16H18BrFN2O3/c1-15(2)9-16(11-8-10(18)4-5-12(11)23-15)13(21)20(7-3-6-17)14(22)19-16/h4-5,8H,3,6-7,9H2,1-2H3,(H,19,22). The lowest BCUT2D eigenvalue weighted by molar-refractivity contribution is -0.134. The molecule has 1 N–H and O–H groups in total. The highest BCUT2D eigenvalue weighted by molar-refractivity contribution is 9.09. The molecule has 1 atom stereocenters. The summed E-state index contributed by atoms with van der Waals surface area (Å²) in [5, 5.41) is 3.48. The second-order valence-electron chi connectivity index (χ2n) is 6.51. The number of nitrogens with zero attached hydrogens (tertiary/aromatic N) is 1. The number of ether oxygens (including phenoxy) is 1. The number of rotatable bonds is 3. The average molecular weight is 385 g/mol. The number of fused-ring (bicyclic) bond motifs is 2. The summed E-state index contributed by atoms with van der Waals surface area (Å²) in [5.41, 5.74) is -1.53. The fourth-order valence-electron chi connectivity index (χ4n) is 3.34. The van der Waals surface area contributed by atoms with Crippen LogP contribution in [-0.2, 0) is 10.3 Å². The van der Waals surface area contributed by atoms with Gasteiger partial charge in [0.2, 0.25) is 0 Å². The fraction of sp³-hybridized carbons (Fsp3) is 0.500. The highest BCUT2D eigenvalue weighted by Crippen LogP contribution is 2.46. The van der Waals surface area contributed by atoms with E-state index in [1.807, 2.05) is 13.8 Å². The van der Waals surface area contributed by atoms with Gasteiger partial charge in [-0.15, -0.1) is 0 Å². The minimum atomic E-state index is -1.26. The summed E-state index contributed by atoms with van der Waals surface area (Å²) in [6.45, 7) is 4.02. The smallest absolute Gasteiger partial charge is 0.325 e. The summed E-state index contributed by atoms with van der Waals surface area (Å²) in [7, 11) is 0. The number of benzene rings is 1. The Morgan fingerprint density at radius 2 is 2.13 bits per heavy atom. The zero-order valence-corrected chi connectivity index (χ0v) is 14.6. The molecule has 2 aliphatic rings. The highest BCUT2D eigenvalue weighted by Gasteiger charge is 2.58. The van der Waals surface area contributed by atoms with Crippen molar-refractivity contribution in [3.8, 4) is 5.75 Å². The lowest BCUT2D eigenvalue weighted by Gasteiger charge is -2.42. The third kappa shape index (κ3) is 2.60. The zero-order valence-electron chi connectivity index (χ0n) is 13.0. The maximum absolute atomic E-state index is 13.7. The summed E-state index contributed by atoms with van der Waals surface area (Å²) < 4.78 is 19.6. The van der Waals surface area contributed by atoms with Crippen LogP contribution in [0.25, 0.3) is 0 Å². The molecule has 5 nitrogen and oxygen atoms in total. The van der Waals surface area contributed by atoms with Crippen LogP contribution >= 0.6 is 15.9 Å². The van der Waals surface area contributed by atoms with Gasteiger partial charge >= 0.3 is 6.03 Å². The van der Waals surface area contributed by atoms with E-state index in [1.54, 1.807) is 0 Å². The Balaban J connectivity index is 2.09. The molecule has 0 aliphatic carbocycles. The van der Waals surface area contributed by atoms with Gasteiger partial charge in [-0.05, 0) is 38.5 Å². The van der Waals surface area contributed by atoms with E-state index in [4.69, 9.17) is 4.74 Å². The number of hydrogen-bond acceptors (Lipinski definition) is 3. The van der Waals surface area contributed by atoms with Crippen LogP contribution < -0.4 is 10.1 Å². The minimum Gasteiger partial charge on any atom is -0.487 e. The Kier molecular flexibility index (Phi) is 3.86. The number of alkyl halides is 1. The van der Waals surface area contributed by atoms with Gasteiger partial charge in [0.05, 0.1) is 0 Å². The Labute approximate surface area is 142 Å². The molecule has 0 aromatic heterocycles. The van der Waals surface area contributed by atoms with Crippen molar-refractivity contribution < 1.29 is 18.7 Å². The van der Waals surface area contributed by atoms with Crippen molar-refractivity contribution in [3.05, 3.63) is 29.6 Å². The third-order valence-electron chi connectivity index (χ3n) is 4.17. The average Bonchev–Trinajstić information content (AvgIpc) is 2.69. The van der Waals surface area contributed by atoms with Crippen LogP contribution in [0.5, 0.6) is 5.75 Å². The van der Waals surface area contributed by atoms with Gasteiger partial charge in [0.15, 0.2) is 5.54 Å². The monoisotopic (exact) mass is 384 g/mol. The Bertz CT molecular complexity index is 679. The van der Waals surface area contributed by atoms with E-state index in [1.165, 1.54) is 23.1 Å². The van der Waals surface area contributed by atoms with Crippen LogP contribution in [0.1, 0.15) is 32.3 Å². The zero-order chi connectivity index (χ0) is 16.8. The third-order valence-corrected chi connectivity index (χ3v) is 4.73. The summed E-state index contributed by atoms with van der Waals surface area (Å²) in [4.78, 5) is 26.5.